The molecule has 3 heteroatoms. The number of benzene rings is 1. The van der Waals surface area contributed by atoms with Crippen LogP contribution in [0, 0.1) is 0 Å². The second-order valence-electron chi connectivity index (χ2n) is 5.11. The van der Waals surface area contributed by atoms with E-state index in [9.17, 15) is 4.79 Å². The first kappa shape index (κ1) is 17.2. The molecule has 21 heavy (non-hydrogen) atoms. The van der Waals surface area contributed by atoms with E-state index in [0.717, 1.165) is 19.3 Å². The Labute approximate surface area is 128 Å². The zero-order valence-electron chi connectivity index (χ0n) is 12.8. The number of unbranched alkanes of at least 4 members (excludes halogenated alkanes) is 7. The third kappa shape index (κ3) is 8.79. The van der Waals surface area contributed by atoms with E-state index in [2.05, 4.69) is 17.1 Å². The number of hydrogen-bond acceptors (Lipinski definition) is 2. The largest absolute Gasteiger partial charge is 0.271 e. The lowest BCUT2D eigenvalue weighted by molar-refractivity contribution is 0.0955. The van der Waals surface area contributed by atoms with Gasteiger partial charge in [-0.3, -0.25) is 4.79 Å². The minimum atomic E-state index is -0.158. The molecule has 0 heterocycles. The summed E-state index contributed by atoms with van der Waals surface area (Å²) >= 11 is 0. The molecule has 0 aromatic heterocycles. The van der Waals surface area contributed by atoms with Crippen molar-refractivity contribution >= 4 is 12.1 Å². The maximum Gasteiger partial charge on any atom is 0.271 e. The van der Waals surface area contributed by atoms with Gasteiger partial charge < -0.3 is 0 Å². The molecule has 0 spiro atoms. The van der Waals surface area contributed by atoms with Crippen LogP contribution in [0.4, 0.5) is 0 Å². The lowest BCUT2D eigenvalue weighted by atomic mass is 10.1. The number of allylic oxidation sites excluding steroid dienone is 1. The standard InChI is InChI=1S/C18H26N2O/c1-2-3-4-5-6-7-8-9-13-16-19-20-18(21)17-14-11-10-12-15-17/h2,10-12,14-16H,1,3-9,13H2,(H,20,21)/b19-16-. The van der Waals surface area contributed by atoms with Gasteiger partial charge in [0, 0.05) is 11.8 Å². The van der Waals surface area contributed by atoms with Crippen molar-refractivity contribution in [2.75, 3.05) is 0 Å². The fourth-order valence-corrected chi connectivity index (χ4v) is 2.05. The van der Waals surface area contributed by atoms with Crippen molar-refractivity contribution in [3.63, 3.8) is 0 Å². The highest BCUT2D eigenvalue weighted by Crippen LogP contribution is 2.08. The van der Waals surface area contributed by atoms with Crippen molar-refractivity contribution in [1.29, 1.82) is 0 Å². The molecule has 1 aromatic carbocycles. The Balaban J connectivity index is 1.98. The van der Waals surface area contributed by atoms with Crippen LogP contribution >= 0.6 is 0 Å². The summed E-state index contributed by atoms with van der Waals surface area (Å²) in [4.78, 5) is 11.7. The van der Waals surface area contributed by atoms with Crippen molar-refractivity contribution in [1.82, 2.24) is 5.43 Å². The van der Waals surface area contributed by atoms with Gasteiger partial charge in [0.15, 0.2) is 0 Å². The molecule has 1 aromatic rings. The molecule has 1 amide bonds. The highest BCUT2D eigenvalue weighted by Gasteiger charge is 2.00. The Bertz CT molecular complexity index is 426. The molecule has 1 rings (SSSR count). The first-order valence-corrected chi connectivity index (χ1v) is 7.82. The Hall–Kier alpha value is -1.90. The van der Waals surface area contributed by atoms with E-state index >= 15 is 0 Å². The molecule has 0 saturated heterocycles. The number of nitrogens with zero attached hydrogens (tertiary/aromatic N) is 1. The molecule has 0 aliphatic heterocycles. The van der Waals surface area contributed by atoms with E-state index in [1.165, 1.54) is 32.1 Å². The van der Waals surface area contributed by atoms with Crippen LogP contribution < -0.4 is 5.43 Å². The first-order valence-electron chi connectivity index (χ1n) is 7.82. The van der Waals surface area contributed by atoms with E-state index in [1.54, 1.807) is 18.3 Å². The van der Waals surface area contributed by atoms with E-state index in [4.69, 9.17) is 0 Å². The quantitative estimate of drug-likeness (QED) is 0.272. The summed E-state index contributed by atoms with van der Waals surface area (Å²) in [5, 5.41) is 3.97. The average Bonchev–Trinajstić information content (AvgIpc) is 2.53. The van der Waals surface area contributed by atoms with Gasteiger partial charge in [-0.15, -0.1) is 6.58 Å². The predicted octanol–water partition coefficient (Wildman–Crippen LogP) is 4.71. The minimum absolute atomic E-state index is 0.158. The van der Waals surface area contributed by atoms with Crippen LogP contribution in [-0.2, 0) is 0 Å². The highest BCUT2D eigenvalue weighted by atomic mass is 16.2. The molecule has 0 atom stereocenters. The monoisotopic (exact) mass is 286 g/mol. The first-order chi connectivity index (χ1) is 10.3. The van der Waals surface area contributed by atoms with E-state index < -0.39 is 0 Å². The molecule has 0 fully saturated rings. The number of hydrogen-bond donors (Lipinski definition) is 1. The fraction of sp³-hybridized carbons (Fsp3) is 0.444. The third-order valence-electron chi connectivity index (χ3n) is 3.28. The Morgan fingerprint density at radius 3 is 2.29 bits per heavy atom. The molecular weight excluding hydrogens is 260 g/mol. The van der Waals surface area contributed by atoms with Gasteiger partial charge in [-0.25, -0.2) is 5.43 Å². The van der Waals surface area contributed by atoms with Gasteiger partial charge in [0.25, 0.3) is 5.91 Å². The van der Waals surface area contributed by atoms with E-state index in [0.29, 0.717) is 5.56 Å². The Kier molecular flexibility index (Phi) is 9.71. The van der Waals surface area contributed by atoms with Gasteiger partial charge in [-0.05, 0) is 37.8 Å². The number of carbonyl (C=O) groups excluding carboxylic acids is 1. The minimum Gasteiger partial charge on any atom is -0.267 e. The predicted molar refractivity (Wildman–Crippen MR) is 89.5 cm³/mol. The summed E-state index contributed by atoms with van der Waals surface area (Å²) < 4.78 is 0. The van der Waals surface area contributed by atoms with Crippen molar-refractivity contribution in [2.24, 2.45) is 5.10 Å². The molecule has 3 nitrogen and oxygen atoms in total. The van der Waals surface area contributed by atoms with Crippen molar-refractivity contribution in [3.8, 4) is 0 Å². The number of nitrogens with one attached hydrogen (secondary N) is 1. The number of carbonyl (C=O) groups is 1. The van der Waals surface area contributed by atoms with Crippen LogP contribution in [0.2, 0.25) is 0 Å². The second kappa shape index (κ2) is 11.9. The fourth-order valence-electron chi connectivity index (χ4n) is 2.05. The van der Waals surface area contributed by atoms with Crippen molar-refractivity contribution in [2.45, 2.75) is 51.4 Å². The van der Waals surface area contributed by atoms with Crippen LogP contribution in [-0.4, -0.2) is 12.1 Å². The molecule has 114 valence electrons. The lowest BCUT2D eigenvalue weighted by Crippen LogP contribution is -2.17. The lowest BCUT2D eigenvalue weighted by Gasteiger charge is -2.00. The van der Waals surface area contributed by atoms with Gasteiger partial charge in [0.2, 0.25) is 0 Å². The van der Waals surface area contributed by atoms with Gasteiger partial charge in [0.1, 0.15) is 0 Å². The zero-order chi connectivity index (χ0) is 15.2. The molecule has 0 radical (unpaired) electrons. The number of hydrazone groups is 1. The molecular formula is C18H26N2O. The topological polar surface area (TPSA) is 41.5 Å². The maximum absolute atomic E-state index is 11.7. The van der Waals surface area contributed by atoms with Gasteiger partial charge >= 0.3 is 0 Å². The van der Waals surface area contributed by atoms with Crippen LogP contribution in [0.5, 0.6) is 0 Å². The Morgan fingerprint density at radius 2 is 1.62 bits per heavy atom. The second-order valence-corrected chi connectivity index (χ2v) is 5.11. The summed E-state index contributed by atoms with van der Waals surface area (Å²) in [5.74, 6) is -0.158. The van der Waals surface area contributed by atoms with Crippen LogP contribution in [0.3, 0.4) is 0 Å². The zero-order valence-corrected chi connectivity index (χ0v) is 12.8. The summed E-state index contributed by atoms with van der Waals surface area (Å²) in [6.45, 7) is 3.72. The SMILES string of the molecule is C=CCCCCCCCC/C=N\NC(=O)c1ccccc1. The number of rotatable bonds is 11. The third-order valence-corrected chi connectivity index (χ3v) is 3.28. The maximum atomic E-state index is 11.7. The smallest absolute Gasteiger partial charge is 0.267 e. The van der Waals surface area contributed by atoms with Gasteiger partial charge in [-0.2, -0.15) is 5.10 Å². The molecule has 0 aliphatic rings. The summed E-state index contributed by atoms with van der Waals surface area (Å²) in [7, 11) is 0. The van der Waals surface area contributed by atoms with Gasteiger partial charge in [-0.1, -0.05) is 50.0 Å². The highest BCUT2D eigenvalue weighted by molar-refractivity contribution is 5.94. The summed E-state index contributed by atoms with van der Waals surface area (Å²) in [5.41, 5.74) is 3.18. The van der Waals surface area contributed by atoms with Crippen LogP contribution in [0.15, 0.2) is 48.1 Å². The molecule has 0 bridgehead atoms. The van der Waals surface area contributed by atoms with Crippen LogP contribution in [0.25, 0.3) is 0 Å². The molecule has 0 saturated carbocycles. The van der Waals surface area contributed by atoms with Crippen molar-refractivity contribution < 1.29 is 4.79 Å². The summed E-state index contributed by atoms with van der Waals surface area (Å²) in [6, 6.07) is 9.12. The average molecular weight is 286 g/mol. The molecule has 0 aliphatic carbocycles. The van der Waals surface area contributed by atoms with E-state index in [-0.39, 0.29) is 5.91 Å². The van der Waals surface area contributed by atoms with Crippen LogP contribution in [0.1, 0.15) is 61.7 Å². The molecule has 0 unspecified atom stereocenters. The summed E-state index contributed by atoms with van der Waals surface area (Å²) in [6.07, 6.45) is 13.3. The Morgan fingerprint density at radius 1 is 1.00 bits per heavy atom. The van der Waals surface area contributed by atoms with Crippen molar-refractivity contribution in [3.05, 3.63) is 48.6 Å². The number of amides is 1. The molecule has 1 N–H and O–H groups in total. The normalized spacial score (nSPS) is 10.7. The van der Waals surface area contributed by atoms with Gasteiger partial charge in [0.05, 0.1) is 0 Å². The van der Waals surface area contributed by atoms with E-state index in [1.807, 2.05) is 24.3 Å².